The van der Waals surface area contributed by atoms with Crippen LogP contribution in [-0.4, -0.2) is 39.0 Å². The molecular weight excluding hydrogens is 450 g/mol. The van der Waals surface area contributed by atoms with Crippen LogP contribution in [0.1, 0.15) is 18.1 Å². The van der Waals surface area contributed by atoms with Crippen LogP contribution in [0.25, 0.3) is 11.0 Å². The van der Waals surface area contributed by atoms with Crippen molar-refractivity contribution in [3.8, 4) is 11.5 Å². The monoisotopic (exact) mass is 477 g/mol. The molecule has 0 bridgehead atoms. The molecule has 0 saturated carbocycles. The summed E-state index contributed by atoms with van der Waals surface area (Å²) in [6.45, 7) is 2.38. The van der Waals surface area contributed by atoms with Crippen molar-refractivity contribution in [2.24, 2.45) is 0 Å². The summed E-state index contributed by atoms with van der Waals surface area (Å²) in [5.41, 5.74) is 0.924. The van der Waals surface area contributed by atoms with Gasteiger partial charge in [-0.25, -0.2) is 4.79 Å². The Morgan fingerprint density at radius 2 is 1.77 bits per heavy atom. The Morgan fingerprint density at radius 1 is 1.00 bits per heavy atom. The number of carbonyl (C=O) groups excluding carboxylic acids is 1. The predicted octanol–water partition coefficient (Wildman–Crippen LogP) is 1.76. The fraction of sp³-hybridized carbons (Fsp3) is 0.280. The number of rotatable bonds is 9. The van der Waals surface area contributed by atoms with Gasteiger partial charge in [-0.2, -0.15) is 5.10 Å². The molecule has 1 N–H and O–H groups in total. The molecule has 4 aromatic rings. The third-order valence-electron chi connectivity index (χ3n) is 5.71. The van der Waals surface area contributed by atoms with E-state index in [1.54, 1.807) is 30.1 Å². The van der Waals surface area contributed by atoms with E-state index >= 15 is 0 Å². The van der Waals surface area contributed by atoms with Gasteiger partial charge < -0.3 is 14.8 Å². The van der Waals surface area contributed by atoms with Crippen LogP contribution in [0.3, 0.4) is 0 Å². The van der Waals surface area contributed by atoms with Gasteiger partial charge in [0.15, 0.2) is 17.0 Å². The minimum atomic E-state index is -0.573. The molecule has 0 spiro atoms. The molecule has 182 valence electrons. The quantitative estimate of drug-likeness (QED) is 0.394. The second kappa shape index (κ2) is 10.3. The SMILES string of the molecule is CCn1cc2c(n1)c(=O)n(Cc1ccccc1)c(=O)n2CC(=O)NCc1cccc(OC)c1OC. The van der Waals surface area contributed by atoms with Crippen LogP contribution in [0.2, 0.25) is 0 Å². The molecule has 0 fully saturated rings. The lowest BCUT2D eigenvalue weighted by molar-refractivity contribution is -0.121. The molecule has 0 aliphatic carbocycles. The molecule has 0 saturated heterocycles. The topological polar surface area (TPSA) is 109 Å². The van der Waals surface area contributed by atoms with Crippen LogP contribution in [0.5, 0.6) is 11.5 Å². The van der Waals surface area contributed by atoms with Crippen LogP contribution in [0.4, 0.5) is 0 Å². The highest BCUT2D eigenvalue weighted by Crippen LogP contribution is 2.30. The first kappa shape index (κ1) is 23.8. The fourth-order valence-corrected chi connectivity index (χ4v) is 3.93. The van der Waals surface area contributed by atoms with Crippen molar-refractivity contribution in [1.29, 1.82) is 0 Å². The Kier molecular flexibility index (Phi) is 7.00. The van der Waals surface area contributed by atoms with Gasteiger partial charge in [-0.3, -0.25) is 23.4 Å². The molecule has 2 aromatic heterocycles. The molecule has 10 nitrogen and oxygen atoms in total. The summed E-state index contributed by atoms with van der Waals surface area (Å²) in [7, 11) is 3.07. The van der Waals surface area contributed by atoms with Gasteiger partial charge in [-0.1, -0.05) is 42.5 Å². The third-order valence-corrected chi connectivity index (χ3v) is 5.71. The Morgan fingerprint density at radius 3 is 2.46 bits per heavy atom. The van der Waals surface area contributed by atoms with Gasteiger partial charge in [-0.05, 0) is 18.6 Å². The molecule has 2 heterocycles. The van der Waals surface area contributed by atoms with Gasteiger partial charge >= 0.3 is 5.69 Å². The van der Waals surface area contributed by atoms with Gasteiger partial charge in [0, 0.05) is 24.8 Å². The minimum Gasteiger partial charge on any atom is -0.493 e. The van der Waals surface area contributed by atoms with Crippen LogP contribution in [0.15, 0.2) is 64.3 Å². The van der Waals surface area contributed by atoms with E-state index in [1.165, 1.54) is 11.7 Å². The summed E-state index contributed by atoms with van der Waals surface area (Å²) in [5.74, 6) is 0.681. The highest BCUT2D eigenvalue weighted by molar-refractivity contribution is 5.79. The minimum absolute atomic E-state index is 0.0794. The number of hydrogen-bond acceptors (Lipinski definition) is 6. The number of methoxy groups -OCH3 is 2. The Bertz CT molecular complexity index is 1470. The van der Waals surface area contributed by atoms with Crippen LogP contribution in [0, 0.1) is 0 Å². The van der Waals surface area contributed by atoms with Crippen molar-refractivity contribution in [3.63, 3.8) is 0 Å². The summed E-state index contributed by atoms with van der Waals surface area (Å²) in [6.07, 6.45) is 1.61. The van der Waals surface area contributed by atoms with E-state index in [9.17, 15) is 14.4 Å². The largest absolute Gasteiger partial charge is 0.493 e. The van der Waals surface area contributed by atoms with E-state index in [4.69, 9.17) is 9.47 Å². The van der Waals surface area contributed by atoms with Crippen molar-refractivity contribution in [2.45, 2.75) is 33.1 Å². The smallest absolute Gasteiger partial charge is 0.332 e. The van der Waals surface area contributed by atoms with Crippen LogP contribution < -0.4 is 26.0 Å². The van der Waals surface area contributed by atoms with Gasteiger partial charge in [0.2, 0.25) is 5.91 Å². The molecule has 0 radical (unpaired) electrons. The summed E-state index contributed by atoms with van der Waals surface area (Å²) in [5, 5.41) is 7.16. The van der Waals surface area contributed by atoms with E-state index in [2.05, 4.69) is 10.4 Å². The molecule has 0 aliphatic heterocycles. The molecule has 10 heteroatoms. The maximum absolute atomic E-state index is 13.4. The van der Waals surface area contributed by atoms with E-state index in [0.29, 0.717) is 23.6 Å². The Labute approximate surface area is 201 Å². The lowest BCUT2D eigenvalue weighted by Crippen LogP contribution is -2.42. The van der Waals surface area contributed by atoms with Crippen molar-refractivity contribution < 1.29 is 14.3 Å². The zero-order valence-corrected chi connectivity index (χ0v) is 19.9. The van der Waals surface area contributed by atoms with Crippen LogP contribution >= 0.6 is 0 Å². The number of fused-ring (bicyclic) bond motifs is 1. The number of para-hydroxylation sites is 1. The van der Waals surface area contributed by atoms with E-state index in [1.807, 2.05) is 43.3 Å². The van der Waals surface area contributed by atoms with Crippen LogP contribution in [-0.2, 0) is 31.0 Å². The average molecular weight is 478 g/mol. The number of amides is 1. The van der Waals surface area contributed by atoms with Crippen molar-refractivity contribution >= 4 is 16.9 Å². The molecule has 1 amide bonds. The number of aromatic nitrogens is 4. The maximum Gasteiger partial charge on any atom is 0.332 e. The molecule has 35 heavy (non-hydrogen) atoms. The van der Waals surface area contributed by atoms with Crippen molar-refractivity contribution in [2.75, 3.05) is 14.2 Å². The Balaban J connectivity index is 1.67. The fourth-order valence-electron chi connectivity index (χ4n) is 3.93. The number of carbonyl (C=O) groups is 1. The first-order chi connectivity index (χ1) is 17.0. The summed E-state index contributed by atoms with van der Waals surface area (Å²) in [6, 6.07) is 14.6. The Hall–Kier alpha value is -4.34. The second-order valence-electron chi connectivity index (χ2n) is 7.89. The highest BCUT2D eigenvalue weighted by atomic mass is 16.5. The summed E-state index contributed by atoms with van der Waals surface area (Å²) in [4.78, 5) is 39.4. The standard InChI is InChI=1S/C25H27N5O5/c1-4-28-15-19-22(27-28)24(32)30(14-17-9-6-5-7-10-17)25(33)29(19)16-21(31)26-13-18-11-8-12-20(34-2)23(18)35-3/h5-12,15H,4,13-14,16H2,1-3H3,(H,26,31). The predicted molar refractivity (Wildman–Crippen MR) is 131 cm³/mol. The van der Waals surface area contributed by atoms with Crippen molar-refractivity contribution in [3.05, 3.63) is 86.7 Å². The molecule has 0 aliphatic rings. The lowest BCUT2D eigenvalue weighted by atomic mass is 10.2. The number of hydrogen-bond donors (Lipinski definition) is 1. The molecule has 2 aromatic carbocycles. The average Bonchev–Trinajstić information content (AvgIpc) is 3.33. The zero-order valence-electron chi connectivity index (χ0n) is 19.9. The molecule has 0 atom stereocenters. The number of nitrogens with one attached hydrogen (secondary N) is 1. The zero-order chi connectivity index (χ0) is 24.9. The van der Waals surface area contributed by atoms with E-state index in [0.717, 1.165) is 15.7 Å². The number of nitrogens with zero attached hydrogens (tertiary/aromatic N) is 4. The summed E-state index contributed by atoms with van der Waals surface area (Å²) >= 11 is 0. The van der Waals surface area contributed by atoms with Gasteiger partial charge in [-0.15, -0.1) is 0 Å². The lowest BCUT2D eigenvalue weighted by Gasteiger charge is -2.14. The van der Waals surface area contributed by atoms with E-state index < -0.39 is 17.2 Å². The van der Waals surface area contributed by atoms with Crippen molar-refractivity contribution in [1.82, 2.24) is 24.2 Å². The van der Waals surface area contributed by atoms with Gasteiger partial charge in [0.25, 0.3) is 5.56 Å². The third kappa shape index (κ3) is 4.81. The first-order valence-corrected chi connectivity index (χ1v) is 11.2. The highest BCUT2D eigenvalue weighted by Gasteiger charge is 2.19. The first-order valence-electron chi connectivity index (χ1n) is 11.2. The number of benzene rings is 2. The number of aryl methyl sites for hydroxylation is 1. The number of ether oxygens (including phenoxy) is 2. The van der Waals surface area contributed by atoms with Gasteiger partial charge in [0.1, 0.15) is 6.54 Å². The maximum atomic E-state index is 13.4. The normalized spacial score (nSPS) is 10.9. The molecule has 4 rings (SSSR count). The van der Waals surface area contributed by atoms with Gasteiger partial charge in [0.05, 0.1) is 26.3 Å². The van der Waals surface area contributed by atoms with E-state index in [-0.39, 0.29) is 25.2 Å². The summed E-state index contributed by atoms with van der Waals surface area (Å²) < 4.78 is 14.7. The molecular formula is C25H27N5O5. The molecule has 0 unspecified atom stereocenters. The second-order valence-corrected chi connectivity index (χ2v) is 7.89.